The summed E-state index contributed by atoms with van der Waals surface area (Å²) in [4.78, 5) is 12.0. The zero-order valence-electron chi connectivity index (χ0n) is 11.1. The van der Waals surface area contributed by atoms with E-state index in [1.165, 1.54) is 0 Å². The van der Waals surface area contributed by atoms with Gasteiger partial charge in [0.05, 0.1) is 11.3 Å². The van der Waals surface area contributed by atoms with Crippen molar-refractivity contribution in [3.05, 3.63) is 29.3 Å². The molecule has 19 heavy (non-hydrogen) atoms. The molecule has 1 saturated carbocycles. The van der Waals surface area contributed by atoms with Gasteiger partial charge in [0.2, 0.25) is 0 Å². The van der Waals surface area contributed by atoms with Gasteiger partial charge in [-0.15, -0.1) is 0 Å². The predicted molar refractivity (Wildman–Crippen MR) is 69.7 cm³/mol. The van der Waals surface area contributed by atoms with Gasteiger partial charge in [-0.25, -0.2) is 8.78 Å². The van der Waals surface area contributed by atoms with E-state index in [0.29, 0.717) is 0 Å². The van der Waals surface area contributed by atoms with Crippen LogP contribution >= 0.6 is 0 Å². The topological polar surface area (TPSA) is 55.1 Å². The summed E-state index contributed by atoms with van der Waals surface area (Å²) in [7, 11) is 0. The number of nitrogens with two attached hydrogens (primary N) is 1. The maximum Gasteiger partial charge on any atom is 0.254 e. The van der Waals surface area contributed by atoms with Gasteiger partial charge in [0, 0.05) is 6.04 Å². The van der Waals surface area contributed by atoms with E-state index in [9.17, 15) is 13.6 Å². The van der Waals surface area contributed by atoms with E-state index in [2.05, 4.69) is 19.2 Å². The van der Waals surface area contributed by atoms with Gasteiger partial charge in [0.15, 0.2) is 5.82 Å². The molecule has 104 valence electrons. The summed E-state index contributed by atoms with van der Waals surface area (Å²) in [5.74, 6) is -2.19. The number of carbonyl (C=O) groups excluding carboxylic acids is 1. The number of halogens is 2. The molecule has 1 fully saturated rings. The highest BCUT2D eigenvalue weighted by atomic mass is 19.1. The quantitative estimate of drug-likeness (QED) is 0.810. The van der Waals surface area contributed by atoms with Crippen LogP contribution in [0.4, 0.5) is 14.5 Å². The van der Waals surface area contributed by atoms with Crippen molar-refractivity contribution in [1.82, 2.24) is 5.32 Å². The first kappa shape index (κ1) is 13.8. The van der Waals surface area contributed by atoms with Crippen molar-refractivity contribution in [2.75, 3.05) is 5.73 Å². The molecule has 0 aromatic heterocycles. The molecule has 2 rings (SSSR count). The molecular formula is C14H18F2N2O. The van der Waals surface area contributed by atoms with Gasteiger partial charge in [-0.05, 0) is 30.4 Å². The number of nitrogens with one attached hydrogen (secondary N) is 1. The third-order valence-electron chi connectivity index (χ3n) is 3.87. The first-order valence-electron chi connectivity index (χ1n) is 6.36. The van der Waals surface area contributed by atoms with Gasteiger partial charge in [0.25, 0.3) is 5.91 Å². The van der Waals surface area contributed by atoms with Gasteiger partial charge in [0.1, 0.15) is 5.82 Å². The van der Waals surface area contributed by atoms with Crippen LogP contribution in [0.1, 0.15) is 43.5 Å². The fourth-order valence-corrected chi connectivity index (χ4v) is 2.61. The summed E-state index contributed by atoms with van der Waals surface area (Å²) in [6.07, 6.45) is 2.88. The maximum absolute atomic E-state index is 13.7. The molecule has 1 aliphatic carbocycles. The number of amides is 1. The molecule has 3 N–H and O–H groups in total. The molecule has 1 atom stereocenters. The van der Waals surface area contributed by atoms with E-state index in [0.717, 1.165) is 31.4 Å². The molecule has 3 nitrogen and oxygen atoms in total. The number of carbonyl (C=O) groups is 1. The van der Waals surface area contributed by atoms with E-state index >= 15 is 0 Å². The minimum Gasteiger partial charge on any atom is -0.396 e. The van der Waals surface area contributed by atoms with Crippen LogP contribution in [0.25, 0.3) is 0 Å². The second kappa shape index (κ2) is 4.79. The van der Waals surface area contributed by atoms with Gasteiger partial charge >= 0.3 is 0 Å². The number of rotatable bonds is 2. The molecule has 0 aliphatic heterocycles. The average Bonchev–Trinajstić information content (AvgIpc) is 2.63. The number of hydrogen-bond donors (Lipinski definition) is 2. The molecule has 1 aliphatic rings. The summed E-state index contributed by atoms with van der Waals surface area (Å²) in [5, 5.41) is 2.78. The Hall–Kier alpha value is -1.65. The Labute approximate surface area is 111 Å². The summed E-state index contributed by atoms with van der Waals surface area (Å²) >= 11 is 0. The van der Waals surface area contributed by atoms with Crippen molar-refractivity contribution in [1.29, 1.82) is 0 Å². The van der Waals surface area contributed by atoms with E-state index in [-0.39, 0.29) is 22.7 Å². The highest BCUT2D eigenvalue weighted by Gasteiger charge is 2.35. The van der Waals surface area contributed by atoms with E-state index in [1.54, 1.807) is 0 Å². The SMILES string of the molecule is CC1(C)CCCC1NC(=O)c1cc(F)cc(N)c1F. The first-order valence-corrected chi connectivity index (χ1v) is 6.36. The second-order valence-electron chi connectivity index (χ2n) is 5.76. The lowest BCUT2D eigenvalue weighted by Gasteiger charge is -2.27. The average molecular weight is 268 g/mol. The molecule has 5 heteroatoms. The molecule has 0 radical (unpaired) electrons. The highest BCUT2D eigenvalue weighted by Crippen LogP contribution is 2.37. The Balaban J connectivity index is 2.21. The Bertz CT molecular complexity index is 514. The van der Waals surface area contributed by atoms with Gasteiger partial charge < -0.3 is 11.1 Å². The minimum atomic E-state index is -0.866. The van der Waals surface area contributed by atoms with Crippen LogP contribution in [-0.4, -0.2) is 11.9 Å². The molecule has 0 heterocycles. The largest absolute Gasteiger partial charge is 0.396 e. The standard InChI is InChI=1S/C14H18F2N2O/c1-14(2)5-3-4-11(14)18-13(19)9-6-8(15)7-10(17)12(9)16/h6-7,11H,3-5,17H2,1-2H3,(H,18,19). The molecule has 0 spiro atoms. The summed E-state index contributed by atoms with van der Waals surface area (Å²) in [5.41, 5.74) is 4.62. The third-order valence-corrected chi connectivity index (χ3v) is 3.87. The van der Waals surface area contributed by atoms with Crippen LogP contribution < -0.4 is 11.1 Å². The van der Waals surface area contributed by atoms with E-state index in [1.807, 2.05) is 0 Å². The summed E-state index contributed by atoms with van der Waals surface area (Å²) < 4.78 is 27.0. The number of anilines is 1. The molecule has 0 saturated heterocycles. The fraction of sp³-hybridized carbons (Fsp3) is 0.500. The van der Waals surface area contributed by atoms with Crippen LogP contribution in [0, 0.1) is 17.0 Å². The van der Waals surface area contributed by atoms with Crippen LogP contribution in [0.5, 0.6) is 0 Å². The lowest BCUT2D eigenvalue weighted by Crippen LogP contribution is -2.41. The van der Waals surface area contributed by atoms with E-state index < -0.39 is 17.5 Å². The zero-order valence-corrected chi connectivity index (χ0v) is 11.1. The normalized spacial score (nSPS) is 21.4. The lowest BCUT2D eigenvalue weighted by atomic mass is 9.87. The lowest BCUT2D eigenvalue weighted by molar-refractivity contribution is 0.0905. The van der Waals surface area contributed by atoms with Crippen molar-refractivity contribution in [3.8, 4) is 0 Å². The molecule has 1 unspecified atom stereocenters. The smallest absolute Gasteiger partial charge is 0.254 e. The first-order chi connectivity index (χ1) is 8.81. The molecule has 1 aromatic rings. The van der Waals surface area contributed by atoms with E-state index in [4.69, 9.17) is 5.73 Å². The van der Waals surface area contributed by atoms with Gasteiger partial charge in [-0.3, -0.25) is 4.79 Å². The van der Waals surface area contributed by atoms with Crippen molar-refractivity contribution in [3.63, 3.8) is 0 Å². The maximum atomic E-state index is 13.7. The van der Waals surface area contributed by atoms with Crippen molar-refractivity contribution in [2.24, 2.45) is 5.41 Å². The molecule has 0 bridgehead atoms. The molecule has 1 amide bonds. The summed E-state index contributed by atoms with van der Waals surface area (Å²) in [6.45, 7) is 4.11. The Morgan fingerprint density at radius 1 is 1.42 bits per heavy atom. The van der Waals surface area contributed by atoms with Crippen molar-refractivity contribution >= 4 is 11.6 Å². The van der Waals surface area contributed by atoms with Crippen molar-refractivity contribution in [2.45, 2.75) is 39.2 Å². The number of nitrogen functional groups attached to an aromatic ring is 1. The Kier molecular flexibility index (Phi) is 3.47. The molecular weight excluding hydrogens is 250 g/mol. The zero-order chi connectivity index (χ0) is 14.2. The van der Waals surface area contributed by atoms with Crippen LogP contribution in [0.15, 0.2) is 12.1 Å². The van der Waals surface area contributed by atoms with Gasteiger partial charge in [-0.1, -0.05) is 20.3 Å². The molecule has 1 aromatic carbocycles. The monoisotopic (exact) mass is 268 g/mol. The number of benzene rings is 1. The second-order valence-corrected chi connectivity index (χ2v) is 5.76. The van der Waals surface area contributed by atoms with Crippen LogP contribution in [-0.2, 0) is 0 Å². The third kappa shape index (κ3) is 2.69. The Morgan fingerprint density at radius 3 is 2.68 bits per heavy atom. The highest BCUT2D eigenvalue weighted by molar-refractivity contribution is 5.95. The summed E-state index contributed by atoms with van der Waals surface area (Å²) in [6, 6.07) is 1.72. The van der Waals surface area contributed by atoms with Crippen LogP contribution in [0.3, 0.4) is 0 Å². The minimum absolute atomic E-state index is 0.0228. The fourth-order valence-electron chi connectivity index (χ4n) is 2.61. The Morgan fingerprint density at radius 2 is 2.11 bits per heavy atom. The van der Waals surface area contributed by atoms with Gasteiger partial charge in [-0.2, -0.15) is 0 Å². The predicted octanol–water partition coefficient (Wildman–Crippen LogP) is 2.86. The van der Waals surface area contributed by atoms with Crippen molar-refractivity contribution < 1.29 is 13.6 Å². The number of hydrogen-bond acceptors (Lipinski definition) is 2. The van der Waals surface area contributed by atoms with Crippen LogP contribution in [0.2, 0.25) is 0 Å².